The van der Waals surface area contributed by atoms with Gasteiger partial charge in [0.05, 0.1) is 24.9 Å². The Morgan fingerprint density at radius 3 is 2.88 bits per heavy atom. The highest BCUT2D eigenvalue weighted by atomic mass is 16.5. The van der Waals surface area contributed by atoms with E-state index in [0.29, 0.717) is 17.9 Å². The van der Waals surface area contributed by atoms with E-state index in [0.717, 1.165) is 22.4 Å². The van der Waals surface area contributed by atoms with E-state index in [1.807, 2.05) is 30.3 Å². The van der Waals surface area contributed by atoms with Gasteiger partial charge in [0.2, 0.25) is 0 Å². The lowest BCUT2D eigenvalue weighted by atomic mass is 10.0. The van der Waals surface area contributed by atoms with Gasteiger partial charge in [-0.05, 0) is 30.7 Å². The largest absolute Gasteiger partial charge is 0.468 e. The Balaban J connectivity index is 1.64. The Morgan fingerprint density at radius 1 is 1.23 bits per heavy atom. The molecule has 26 heavy (non-hydrogen) atoms. The first kappa shape index (κ1) is 16.1. The van der Waals surface area contributed by atoms with Crippen LogP contribution in [0, 0.1) is 6.92 Å². The number of aryl methyl sites for hydroxylation is 1. The van der Waals surface area contributed by atoms with Gasteiger partial charge in [0.25, 0.3) is 0 Å². The summed E-state index contributed by atoms with van der Waals surface area (Å²) in [5, 5.41) is 8.15. The molecule has 0 unspecified atom stereocenters. The molecular formula is C19H17N5O2. The normalized spacial score (nSPS) is 13.6. The van der Waals surface area contributed by atoms with Crippen molar-refractivity contribution < 1.29 is 9.53 Å². The molecule has 0 radical (unpaired) electrons. The van der Waals surface area contributed by atoms with Crippen LogP contribution in [-0.4, -0.2) is 46.2 Å². The Hall–Kier alpha value is -3.35. The standard InChI is InChI=1S/C19H17N5O2/c1-12-5-3-4-6-14(12)16-10-20-19(21-16)13-7-8-17-15(9-13)22-23-24(17)11-18(25)26-2/h3-9H,10-11H2,1-2H3. The summed E-state index contributed by atoms with van der Waals surface area (Å²) in [7, 11) is 1.35. The molecule has 2 aromatic carbocycles. The molecule has 4 rings (SSSR count). The molecule has 0 atom stereocenters. The van der Waals surface area contributed by atoms with Crippen molar-refractivity contribution in [3.05, 3.63) is 59.2 Å². The minimum Gasteiger partial charge on any atom is -0.468 e. The molecule has 0 saturated heterocycles. The Kier molecular flexibility index (Phi) is 4.04. The average molecular weight is 347 g/mol. The van der Waals surface area contributed by atoms with Crippen LogP contribution in [0.15, 0.2) is 52.4 Å². The fourth-order valence-corrected chi connectivity index (χ4v) is 2.96. The second-order valence-electron chi connectivity index (χ2n) is 6.04. The topological polar surface area (TPSA) is 81.7 Å². The van der Waals surface area contributed by atoms with E-state index in [9.17, 15) is 4.79 Å². The van der Waals surface area contributed by atoms with E-state index in [-0.39, 0.29) is 12.5 Å². The third kappa shape index (κ3) is 2.88. The van der Waals surface area contributed by atoms with Gasteiger partial charge in [0.15, 0.2) is 5.84 Å². The Morgan fingerprint density at radius 2 is 2.08 bits per heavy atom. The van der Waals surface area contributed by atoms with Crippen molar-refractivity contribution >= 4 is 28.6 Å². The summed E-state index contributed by atoms with van der Waals surface area (Å²) in [6, 6.07) is 13.8. The maximum absolute atomic E-state index is 11.4. The molecule has 0 aliphatic carbocycles. The number of ether oxygens (including phenoxy) is 1. The number of aliphatic imine (C=N–C) groups is 2. The van der Waals surface area contributed by atoms with Gasteiger partial charge in [-0.2, -0.15) is 0 Å². The zero-order chi connectivity index (χ0) is 18.1. The second-order valence-corrected chi connectivity index (χ2v) is 6.04. The molecule has 0 fully saturated rings. The van der Waals surface area contributed by atoms with E-state index in [2.05, 4.69) is 39.1 Å². The molecule has 3 aromatic rings. The van der Waals surface area contributed by atoms with Crippen LogP contribution >= 0.6 is 0 Å². The first-order valence-corrected chi connectivity index (χ1v) is 8.24. The van der Waals surface area contributed by atoms with Gasteiger partial charge in [-0.25, -0.2) is 9.67 Å². The van der Waals surface area contributed by atoms with Crippen molar-refractivity contribution in [2.24, 2.45) is 9.98 Å². The maximum Gasteiger partial charge on any atom is 0.327 e. The lowest BCUT2D eigenvalue weighted by Gasteiger charge is -2.03. The highest BCUT2D eigenvalue weighted by Crippen LogP contribution is 2.19. The van der Waals surface area contributed by atoms with Gasteiger partial charge in [-0.15, -0.1) is 5.10 Å². The van der Waals surface area contributed by atoms with E-state index < -0.39 is 0 Å². The summed E-state index contributed by atoms with van der Waals surface area (Å²) in [4.78, 5) is 20.7. The van der Waals surface area contributed by atoms with Crippen molar-refractivity contribution in [3.63, 3.8) is 0 Å². The summed E-state index contributed by atoms with van der Waals surface area (Å²) in [5.74, 6) is 0.321. The number of benzene rings is 2. The zero-order valence-electron chi connectivity index (χ0n) is 14.5. The van der Waals surface area contributed by atoms with Crippen molar-refractivity contribution in [2.75, 3.05) is 13.7 Å². The molecule has 0 amide bonds. The summed E-state index contributed by atoms with van der Waals surface area (Å²) in [5.41, 5.74) is 5.61. The maximum atomic E-state index is 11.4. The number of carbonyl (C=O) groups is 1. The van der Waals surface area contributed by atoms with Gasteiger partial charge in [-0.3, -0.25) is 9.79 Å². The van der Waals surface area contributed by atoms with E-state index in [1.165, 1.54) is 17.4 Å². The van der Waals surface area contributed by atoms with Gasteiger partial charge in [0.1, 0.15) is 12.1 Å². The van der Waals surface area contributed by atoms with Crippen LogP contribution in [0.4, 0.5) is 0 Å². The quantitative estimate of drug-likeness (QED) is 0.677. The number of fused-ring (bicyclic) bond motifs is 1. The minimum absolute atomic E-state index is 0.0306. The van der Waals surface area contributed by atoms with E-state index in [4.69, 9.17) is 4.99 Å². The Labute approximate surface area is 150 Å². The number of carbonyl (C=O) groups excluding carboxylic acids is 1. The van der Waals surface area contributed by atoms with Crippen molar-refractivity contribution in [2.45, 2.75) is 13.5 Å². The second kappa shape index (κ2) is 6.51. The predicted molar refractivity (Wildman–Crippen MR) is 98.7 cm³/mol. The molecule has 7 heteroatoms. The van der Waals surface area contributed by atoms with Gasteiger partial charge in [0, 0.05) is 11.1 Å². The minimum atomic E-state index is -0.367. The van der Waals surface area contributed by atoms with Crippen LogP contribution in [-0.2, 0) is 16.1 Å². The molecular weight excluding hydrogens is 330 g/mol. The molecule has 1 aliphatic rings. The van der Waals surface area contributed by atoms with E-state index >= 15 is 0 Å². The summed E-state index contributed by atoms with van der Waals surface area (Å²) in [6.45, 7) is 2.66. The Bertz CT molecular complexity index is 1060. The smallest absolute Gasteiger partial charge is 0.327 e. The highest BCUT2D eigenvalue weighted by Gasteiger charge is 2.17. The summed E-state index contributed by atoms with van der Waals surface area (Å²) in [6.07, 6.45) is 0. The molecule has 0 spiro atoms. The molecule has 0 saturated carbocycles. The fourth-order valence-electron chi connectivity index (χ4n) is 2.96. The number of amidine groups is 1. The van der Waals surface area contributed by atoms with Crippen LogP contribution in [0.3, 0.4) is 0 Å². The predicted octanol–water partition coefficient (Wildman–Crippen LogP) is 2.16. The van der Waals surface area contributed by atoms with Gasteiger partial charge in [-0.1, -0.05) is 29.5 Å². The number of hydrogen-bond donors (Lipinski definition) is 0. The zero-order valence-corrected chi connectivity index (χ0v) is 14.5. The van der Waals surface area contributed by atoms with E-state index in [1.54, 1.807) is 0 Å². The number of rotatable bonds is 4. The van der Waals surface area contributed by atoms with Crippen LogP contribution in [0.5, 0.6) is 0 Å². The van der Waals surface area contributed by atoms with Crippen LogP contribution in [0.1, 0.15) is 16.7 Å². The lowest BCUT2D eigenvalue weighted by molar-refractivity contribution is -0.141. The number of nitrogens with zero attached hydrogens (tertiary/aromatic N) is 5. The molecule has 7 nitrogen and oxygen atoms in total. The number of hydrogen-bond acceptors (Lipinski definition) is 6. The molecule has 0 N–H and O–H groups in total. The monoisotopic (exact) mass is 347 g/mol. The van der Waals surface area contributed by atoms with Crippen LogP contribution < -0.4 is 0 Å². The van der Waals surface area contributed by atoms with Crippen LogP contribution in [0.25, 0.3) is 11.0 Å². The average Bonchev–Trinajstić information content (AvgIpc) is 3.29. The summed E-state index contributed by atoms with van der Waals surface area (Å²) >= 11 is 0. The lowest BCUT2D eigenvalue weighted by Crippen LogP contribution is -2.12. The molecule has 2 heterocycles. The molecule has 1 aromatic heterocycles. The van der Waals surface area contributed by atoms with Crippen LogP contribution in [0.2, 0.25) is 0 Å². The van der Waals surface area contributed by atoms with Gasteiger partial charge < -0.3 is 4.74 Å². The third-order valence-electron chi connectivity index (χ3n) is 4.35. The number of aromatic nitrogens is 3. The van der Waals surface area contributed by atoms with Crippen molar-refractivity contribution in [1.82, 2.24) is 15.0 Å². The number of esters is 1. The van der Waals surface area contributed by atoms with Crippen molar-refractivity contribution in [1.29, 1.82) is 0 Å². The third-order valence-corrected chi connectivity index (χ3v) is 4.35. The first-order valence-electron chi connectivity index (χ1n) is 8.24. The fraction of sp³-hybridized carbons (Fsp3) is 0.211. The number of methoxy groups -OCH3 is 1. The van der Waals surface area contributed by atoms with Crippen molar-refractivity contribution in [3.8, 4) is 0 Å². The molecule has 1 aliphatic heterocycles. The highest BCUT2D eigenvalue weighted by molar-refractivity contribution is 6.18. The molecule has 130 valence electrons. The first-order chi connectivity index (χ1) is 12.7. The summed E-state index contributed by atoms with van der Waals surface area (Å²) < 4.78 is 6.19. The SMILES string of the molecule is COC(=O)Cn1nnc2cc(C3=NCC(c4ccccc4C)=N3)ccc21. The molecule has 0 bridgehead atoms. The van der Waals surface area contributed by atoms with Gasteiger partial charge >= 0.3 is 5.97 Å².